The first kappa shape index (κ1) is 16.4. The van der Waals surface area contributed by atoms with Crippen LogP contribution < -0.4 is 5.32 Å². The normalized spacial score (nSPS) is 14.7. The van der Waals surface area contributed by atoms with Gasteiger partial charge in [0.2, 0.25) is 0 Å². The van der Waals surface area contributed by atoms with E-state index in [0.717, 1.165) is 42.7 Å². The molecule has 0 radical (unpaired) electrons. The Balaban J connectivity index is 1.78. The van der Waals surface area contributed by atoms with E-state index in [-0.39, 0.29) is 5.82 Å². The second-order valence-electron chi connectivity index (χ2n) is 5.98. The lowest BCUT2D eigenvalue weighted by Crippen LogP contribution is -2.44. The maximum absolute atomic E-state index is 13.5. The van der Waals surface area contributed by atoms with Crippen molar-refractivity contribution in [1.29, 1.82) is 0 Å². The Morgan fingerprint density at radius 2 is 2.17 bits per heavy atom. The maximum atomic E-state index is 13.5. The lowest BCUT2D eigenvalue weighted by atomic mass is 10.00. The number of rotatable bonds is 3. The van der Waals surface area contributed by atoms with E-state index in [1.165, 1.54) is 11.6 Å². The molecular weight excluding hydrogens is 307 g/mol. The summed E-state index contributed by atoms with van der Waals surface area (Å²) in [7, 11) is 1.94. The number of fused-ring (bicyclic) bond motifs is 1. The van der Waals surface area contributed by atoms with Crippen molar-refractivity contribution in [1.82, 2.24) is 25.0 Å². The van der Waals surface area contributed by atoms with Crippen LogP contribution in [-0.2, 0) is 26.6 Å². The van der Waals surface area contributed by atoms with Crippen molar-refractivity contribution < 1.29 is 4.39 Å². The number of aryl methyl sites for hydroxylation is 1. The molecule has 0 saturated carbocycles. The van der Waals surface area contributed by atoms with E-state index >= 15 is 0 Å². The SMILES string of the molecule is CCNC(=NCc1nnc(C)n1C)N1CCc2ccc(F)cc2C1. The van der Waals surface area contributed by atoms with Gasteiger partial charge in [-0.25, -0.2) is 9.38 Å². The highest BCUT2D eigenvalue weighted by molar-refractivity contribution is 5.80. The molecule has 1 aliphatic rings. The smallest absolute Gasteiger partial charge is 0.194 e. The van der Waals surface area contributed by atoms with E-state index in [1.807, 2.05) is 31.5 Å². The number of hydrogen-bond donors (Lipinski definition) is 1. The quantitative estimate of drug-likeness (QED) is 0.688. The Labute approximate surface area is 141 Å². The van der Waals surface area contributed by atoms with Crippen molar-refractivity contribution in [2.75, 3.05) is 13.1 Å². The Kier molecular flexibility index (Phi) is 4.78. The highest BCUT2D eigenvalue weighted by Crippen LogP contribution is 2.20. The van der Waals surface area contributed by atoms with Gasteiger partial charge in [-0.05, 0) is 43.5 Å². The van der Waals surface area contributed by atoms with Gasteiger partial charge in [-0.15, -0.1) is 10.2 Å². The molecule has 6 nitrogen and oxygen atoms in total. The molecule has 0 atom stereocenters. The molecule has 3 rings (SSSR count). The molecule has 1 aromatic carbocycles. The molecule has 0 fully saturated rings. The molecule has 0 saturated heterocycles. The standard InChI is InChI=1S/C17H23FN6/c1-4-19-17(20-10-16-22-21-12(2)23(16)3)24-8-7-13-5-6-15(18)9-14(13)11-24/h5-6,9H,4,7-8,10-11H2,1-3H3,(H,19,20). The first-order valence-corrected chi connectivity index (χ1v) is 8.24. The third-order valence-corrected chi connectivity index (χ3v) is 4.37. The van der Waals surface area contributed by atoms with E-state index in [0.29, 0.717) is 13.1 Å². The molecule has 0 amide bonds. The summed E-state index contributed by atoms with van der Waals surface area (Å²) in [5.74, 6) is 2.33. The molecule has 7 heteroatoms. The van der Waals surface area contributed by atoms with Gasteiger partial charge in [0.15, 0.2) is 11.8 Å². The molecule has 2 heterocycles. The van der Waals surface area contributed by atoms with Crippen LogP contribution in [0.25, 0.3) is 0 Å². The Hall–Kier alpha value is -2.44. The Morgan fingerprint density at radius 3 is 2.88 bits per heavy atom. The van der Waals surface area contributed by atoms with Crippen molar-refractivity contribution in [3.63, 3.8) is 0 Å². The first-order valence-electron chi connectivity index (χ1n) is 8.24. The van der Waals surface area contributed by atoms with E-state index < -0.39 is 0 Å². The van der Waals surface area contributed by atoms with Gasteiger partial charge < -0.3 is 14.8 Å². The van der Waals surface area contributed by atoms with Crippen LogP contribution in [0.5, 0.6) is 0 Å². The van der Waals surface area contributed by atoms with Gasteiger partial charge >= 0.3 is 0 Å². The van der Waals surface area contributed by atoms with Gasteiger partial charge in [0.05, 0.1) is 0 Å². The van der Waals surface area contributed by atoms with Gasteiger partial charge in [0, 0.05) is 26.7 Å². The number of hydrogen-bond acceptors (Lipinski definition) is 3. The van der Waals surface area contributed by atoms with E-state index in [4.69, 9.17) is 4.99 Å². The van der Waals surface area contributed by atoms with Crippen LogP contribution in [0.2, 0.25) is 0 Å². The highest BCUT2D eigenvalue weighted by Gasteiger charge is 2.19. The summed E-state index contributed by atoms with van der Waals surface area (Å²) in [6.45, 7) is 6.73. The summed E-state index contributed by atoms with van der Waals surface area (Å²) in [6, 6.07) is 5.04. The number of benzene rings is 1. The van der Waals surface area contributed by atoms with Crippen molar-refractivity contribution in [2.24, 2.45) is 12.0 Å². The zero-order chi connectivity index (χ0) is 17.1. The number of guanidine groups is 1. The first-order chi connectivity index (χ1) is 11.6. The number of aromatic nitrogens is 3. The number of nitrogens with one attached hydrogen (secondary N) is 1. The number of nitrogens with zero attached hydrogens (tertiary/aromatic N) is 5. The minimum absolute atomic E-state index is 0.188. The van der Waals surface area contributed by atoms with E-state index in [2.05, 4.69) is 20.4 Å². The minimum atomic E-state index is -0.188. The maximum Gasteiger partial charge on any atom is 0.194 e. The molecule has 0 aliphatic carbocycles. The van der Waals surface area contributed by atoms with E-state index in [9.17, 15) is 4.39 Å². The molecule has 1 aromatic heterocycles. The van der Waals surface area contributed by atoms with Crippen molar-refractivity contribution in [3.05, 3.63) is 46.8 Å². The van der Waals surface area contributed by atoms with Crippen molar-refractivity contribution in [2.45, 2.75) is 33.4 Å². The topological polar surface area (TPSA) is 58.3 Å². The van der Waals surface area contributed by atoms with Gasteiger partial charge in [0.1, 0.15) is 18.2 Å². The minimum Gasteiger partial charge on any atom is -0.356 e. The number of halogens is 1. The van der Waals surface area contributed by atoms with Crippen molar-refractivity contribution in [3.8, 4) is 0 Å². The van der Waals surface area contributed by atoms with Crippen LogP contribution in [0.1, 0.15) is 29.7 Å². The van der Waals surface area contributed by atoms with E-state index in [1.54, 1.807) is 6.07 Å². The largest absolute Gasteiger partial charge is 0.356 e. The summed E-state index contributed by atoms with van der Waals surface area (Å²) >= 11 is 0. The average molecular weight is 330 g/mol. The van der Waals surface area contributed by atoms with Gasteiger partial charge in [-0.2, -0.15) is 0 Å². The fourth-order valence-corrected chi connectivity index (χ4v) is 2.87. The molecule has 24 heavy (non-hydrogen) atoms. The molecular formula is C17H23FN6. The summed E-state index contributed by atoms with van der Waals surface area (Å²) < 4.78 is 15.4. The summed E-state index contributed by atoms with van der Waals surface area (Å²) in [6.07, 6.45) is 0.892. The molecule has 2 aromatic rings. The summed E-state index contributed by atoms with van der Waals surface area (Å²) in [4.78, 5) is 6.85. The molecule has 0 bridgehead atoms. The molecule has 0 spiro atoms. The molecule has 0 unspecified atom stereocenters. The molecule has 1 aliphatic heterocycles. The highest BCUT2D eigenvalue weighted by atomic mass is 19.1. The lowest BCUT2D eigenvalue weighted by Gasteiger charge is -2.31. The Morgan fingerprint density at radius 1 is 1.33 bits per heavy atom. The fraction of sp³-hybridized carbons (Fsp3) is 0.471. The monoisotopic (exact) mass is 330 g/mol. The predicted octanol–water partition coefficient (Wildman–Crippen LogP) is 1.79. The lowest BCUT2D eigenvalue weighted by molar-refractivity contribution is 0.377. The van der Waals surface area contributed by atoms with Crippen LogP contribution >= 0.6 is 0 Å². The van der Waals surface area contributed by atoms with Crippen LogP contribution in [0, 0.1) is 12.7 Å². The van der Waals surface area contributed by atoms with Gasteiger partial charge in [0.25, 0.3) is 0 Å². The van der Waals surface area contributed by atoms with Gasteiger partial charge in [-0.3, -0.25) is 0 Å². The summed E-state index contributed by atoms with van der Waals surface area (Å²) in [5, 5.41) is 11.5. The third-order valence-electron chi connectivity index (χ3n) is 4.37. The van der Waals surface area contributed by atoms with Crippen LogP contribution in [0.4, 0.5) is 4.39 Å². The zero-order valence-corrected chi connectivity index (χ0v) is 14.4. The molecule has 128 valence electrons. The number of aliphatic imine (C=N–C) groups is 1. The van der Waals surface area contributed by atoms with Crippen molar-refractivity contribution >= 4 is 5.96 Å². The van der Waals surface area contributed by atoms with Crippen LogP contribution in [-0.4, -0.2) is 38.7 Å². The van der Waals surface area contributed by atoms with Crippen LogP contribution in [0.15, 0.2) is 23.2 Å². The third kappa shape index (κ3) is 3.39. The van der Waals surface area contributed by atoms with Gasteiger partial charge in [-0.1, -0.05) is 6.07 Å². The average Bonchev–Trinajstić information content (AvgIpc) is 2.90. The second kappa shape index (κ2) is 6.98. The molecule has 1 N–H and O–H groups in total. The Bertz CT molecular complexity index is 752. The second-order valence-corrected chi connectivity index (χ2v) is 5.98. The van der Waals surface area contributed by atoms with Crippen LogP contribution in [0.3, 0.4) is 0 Å². The fourth-order valence-electron chi connectivity index (χ4n) is 2.87. The predicted molar refractivity (Wildman–Crippen MR) is 91.1 cm³/mol. The summed E-state index contributed by atoms with van der Waals surface area (Å²) in [5.41, 5.74) is 2.24. The zero-order valence-electron chi connectivity index (χ0n) is 14.4.